The van der Waals surface area contributed by atoms with Gasteiger partial charge in [0, 0.05) is 0 Å². The van der Waals surface area contributed by atoms with Gasteiger partial charge in [-0.2, -0.15) is 0 Å². The topological polar surface area (TPSA) is 26.3 Å². The van der Waals surface area contributed by atoms with E-state index in [-0.39, 0.29) is 11.9 Å². The van der Waals surface area contributed by atoms with Gasteiger partial charge < -0.3 is 4.74 Å². The Morgan fingerprint density at radius 1 is 1.21 bits per heavy atom. The molecule has 0 amide bonds. The average molecular weight is 260 g/mol. The van der Waals surface area contributed by atoms with E-state index in [1.807, 2.05) is 12.1 Å². The van der Waals surface area contributed by atoms with Gasteiger partial charge in [0.25, 0.3) is 0 Å². The second-order valence-electron chi connectivity index (χ2n) is 5.63. The summed E-state index contributed by atoms with van der Waals surface area (Å²) >= 11 is 0. The van der Waals surface area contributed by atoms with Crippen molar-refractivity contribution < 1.29 is 9.53 Å². The van der Waals surface area contributed by atoms with Crippen molar-refractivity contribution in [3.63, 3.8) is 0 Å². The number of esters is 1. The van der Waals surface area contributed by atoms with Crippen molar-refractivity contribution in [3.05, 3.63) is 29.8 Å². The molecule has 2 rings (SSSR count). The standard InChI is InChI=1S/C17H24O2/c1-3-13(2)14-9-11-16(12-10-14)19-17(18)15-7-5-4-6-8-15/h9-13,15H,3-8H2,1-2H3. The van der Waals surface area contributed by atoms with Gasteiger partial charge in [-0.15, -0.1) is 0 Å². The summed E-state index contributed by atoms with van der Waals surface area (Å²) in [7, 11) is 0. The van der Waals surface area contributed by atoms with E-state index in [2.05, 4.69) is 26.0 Å². The summed E-state index contributed by atoms with van der Waals surface area (Å²) in [5.41, 5.74) is 1.31. The van der Waals surface area contributed by atoms with E-state index >= 15 is 0 Å². The maximum atomic E-state index is 12.0. The van der Waals surface area contributed by atoms with Gasteiger partial charge in [-0.3, -0.25) is 4.79 Å². The van der Waals surface area contributed by atoms with E-state index in [1.54, 1.807) is 0 Å². The normalized spacial score (nSPS) is 18.0. The SMILES string of the molecule is CCC(C)c1ccc(OC(=O)C2CCCCC2)cc1. The van der Waals surface area contributed by atoms with Crippen LogP contribution in [0.4, 0.5) is 0 Å². The average Bonchev–Trinajstić information content (AvgIpc) is 2.48. The summed E-state index contributed by atoms with van der Waals surface area (Å²) in [6.45, 7) is 4.39. The molecule has 1 aromatic carbocycles. The van der Waals surface area contributed by atoms with Crippen LogP contribution in [-0.2, 0) is 4.79 Å². The monoisotopic (exact) mass is 260 g/mol. The Balaban J connectivity index is 1.93. The second kappa shape index (κ2) is 6.74. The fraction of sp³-hybridized carbons (Fsp3) is 0.588. The molecule has 1 unspecified atom stereocenters. The molecular formula is C17H24O2. The maximum Gasteiger partial charge on any atom is 0.314 e. The van der Waals surface area contributed by atoms with Crippen LogP contribution in [0.1, 0.15) is 63.9 Å². The van der Waals surface area contributed by atoms with Crippen LogP contribution in [0.15, 0.2) is 24.3 Å². The van der Waals surface area contributed by atoms with Gasteiger partial charge in [0.05, 0.1) is 5.92 Å². The van der Waals surface area contributed by atoms with E-state index in [0.717, 1.165) is 32.1 Å². The minimum Gasteiger partial charge on any atom is -0.426 e. The lowest BCUT2D eigenvalue weighted by atomic mass is 9.89. The molecular weight excluding hydrogens is 236 g/mol. The van der Waals surface area contributed by atoms with Crippen molar-refractivity contribution in [3.8, 4) is 5.75 Å². The number of ether oxygens (including phenoxy) is 1. The van der Waals surface area contributed by atoms with Crippen LogP contribution in [0.5, 0.6) is 5.75 Å². The quantitative estimate of drug-likeness (QED) is 0.580. The molecule has 2 heteroatoms. The Morgan fingerprint density at radius 2 is 1.84 bits per heavy atom. The van der Waals surface area contributed by atoms with Crippen LogP contribution in [0, 0.1) is 5.92 Å². The second-order valence-corrected chi connectivity index (χ2v) is 5.63. The summed E-state index contributed by atoms with van der Waals surface area (Å²) in [5, 5.41) is 0. The number of rotatable bonds is 4. The van der Waals surface area contributed by atoms with Crippen LogP contribution in [0.25, 0.3) is 0 Å². The fourth-order valence-corrected chi connectivity index (χ4v) is 2.64. The molecule has 104 valence electrons. The van der Waals surface area contributed by atoms with Gasteiger partial charge in [-0.25, -0.2) is 0 Å². The van der Waals surface area contributed by atoms with Crippen molar-refractivity contribution >= 4 is 5.97 Å². The molecule has 0 spiro atoms. The van der Waals surface area contributed by atoms with Crippen LogP contribution in [0.3, 0.4) is 0 Å². The Kier molecular flexibility index (Phi) is 5.00. The maximum absolute atomic E-state index is 12.0. The highest BCUT2D eigenvalue weighted by molar-refractivity contribution is 5.75. The fourth-order valence-electron chi connectivity index (χ4n) is 2.64. The third-order valence-electron chi connectivity index (χ3n) is 4.22. The Morgan fingerprint density at radius 3 is 2.42 bits per heavy atom. The van der Waals surface area contributed by atoms with Crippen LogP contribution in [-0.4, -0.2) is 5.97 Å². The van der Waals surface area contributed by atoms with Crippen LogP contribution >= 0.6 is 0 Å². The summed E-state index contributed by atoms with van der Waals surface area (Å²) < 4.78 is 5.48. The third kappa shape index (κ3) is 3.82. The van der Waals surface area contributed by atoms with Crippen molar-refractivity contribution in [2.24, 2.45) is 5.92 Å². The number of carbonyl (C=O) groups is 1. The molecule has 1 fully saturated rings. The predicted molar refractivity (Wildman–Crippen MR) is 77.4 cm³/mol. The molecule has 1 aliphatic rings. The van der Waals surface area contributed by atoms with E-state index in [1.165, 1.54) is 12.0 Å². The van der Waals surface area contributed by atoms with Gasteiger partial charge >= 0.3 is 5.97 Å². The predicted octanol–water partition coefficient (Wildman–Crippen LogP) is 4.69. The summed E-state index contributed by atoms with van der Waals surface area (Å²) in [4.78, 5) is 12.0. The summed E-state index contributed by atoms with van der Waals surface area (Å²) in [5.74, 6) is 1.31. The summed E-state index contributed by atoms with van der Waals surface area (Å²) in [6, 6.07) is 7.97. The van der Waals surface area contributed by atoms with Crippen molar-refractivity contribution in [1.29, 1.82) is 0 Å². The molecule has 0 aliphatic heterocycles. The molecule has 1 aromatic rings. The summed E-state index contributed by atoms with van der Waals surface area (Å²) in [6.07, 6.45) is 6.68. The minimum absolute atomic E-state index is 0.0454. The Bertz CT molecular complexity index is 402. The van der Waals surface area contributed by atoms with Gasteiger partial charge in [0.2, 0.25) is 0 Å². The van der Waals surface area contributed by atoms with Crippen LogP contribution < -0.4 is 4.74 Å². The highest BCUT2D eigenvalue weighted by Gasteiger charge is 2.22. The molecule has 0 saturated heterocycles. The minimum atomic E-state index is -0.0454. The molecule has 0 bridgehead atoms. The Labute approximate surface area is 116 Å². The Hall–Kier alpha value is -1.31. The number of hydrogen-bond acceptors (Lipinski definition) is 2. The first kappa shape index (κ1) is 14.1. The van der Waals surface area contributed by atoms with Gasteiger partial charge in [0.15, 0.2) is 0 Å². The van der Waals surface area contributed by atoms with Crippen molar-refractivity contribution in [2.45, 2.75) is 58.3 Å². The first-order valence-corrected chi connectivity index (χ1v) is 7.52. The van der Waals surface area contributed by atoms with Gasteiger partial charge in [0.1, 0.15) is 5.75 Å². The highest BCUT2D eigenvalue weighted by atomic mass is 16.5. The van der Waals surface area contributed by atoms with E-state index in [9.17, 15) is 4.79 Å². The first-order valence-electron chi connectivity index (χ1n) is 7.52. The lowest BCUT2D eigenvalue weighted by Crippen LogP contribution is -2.22. The zero-order valence-electron chi connectivity index (χ0n) is 12.0. The molecule has 1 aliphatic carbocycles. The zero-order chi connectivity index (χ0) is 13.7. The molecule has 19 heavy (non-hydrogen) atoms. The van der Waals surface area contributed by atoms with E-state index in [0.29, 0.717) is 11.7 Å². The highest BCUT2D eigenvalue weighted by Crippen LogP contribution is 2.26. The number of carbonyl (C=O) groups excluding carboxylic acids is 1. The van der Waals surface area contributed by atoms with Gasteiger partial charge in [-0.05, 0) is 42.9 Å². The number of benzene rings is 1. The lowest BCUT2D eigenvalue weighted by molar-refractivity contribution is -0.139. The molecule has 0 aromatic heterocycles. The molecule has 0 N–H and O–H groups in total. The van der Waals surface area contributed by atoms with Gasteiger partial charge in [-0.1, -0.05) is 45.2 Å². The molecule has 0 heterocycles. The lowest BCUT2D eigenvalue weighted by Gasteiger charge is -2.19. The van der Waals surface area contributed by atoms with E-state index in [4.69, 9.17) is 4.74 Å². The van der Waals surface area contributed by atoms with Crippen LogP contribution in [0.2, 0.25) is 0 Å². The molecule has 0 radical (unpaired) electrons. The largest absolute Gasteiger partial charge is 0.426 e. The molecule has 2 nitrogen and oxygen atoms in total. The molecule has 1 saturated carbocycles. The number of hydrogen-bond donors (Lipinski definition) is 0. The first-order chi connectivity index (χ1) is 9.20. The smallest absolute Gasteiger partial charge is 0.314 e. The zero-order valence-corrected chi connectivity index (χ0v) is 12.0. The molecule has 1 atom stereocenters. The van der Waals surface area contributed by atoms with E-state index < -0.39 is 0 Å². The third-order valence-corrected chi connectivity index (χ3v) is 4.22. The van der Waals surface area contributed by atoms with Crippen molar-refractivity contribution in [2.75, 3.05) is 0 Å². The van der Waals surface area contributed by atoms with Crippen molar-refractivity contribution in [1.82, 2.24) is 0 Å².